The number of aliphatic hydroxyl groups is 1. The zero-order valence-corrected chi connectivity index (χ0v) is 15.6. The van der Waals surface area contributed by atoms with E-state index in [2.05, 4.69) is 5.32 Å². The molecule has 1 aromatic rings. The van der Waals surface area contributed by atoms with Gasteiger partial charge in [0.2, 0.25) is 11.8 Å². The van der Waals surface area contributed by atoms with Gasteiger partial charge in [0, 0.05) is 24.5 Å². The number of aliphatic hydroxyl groups excluding tert-OH is 1. The molecule has 1 unspecified atom stereocenters. The van der Waals surface area contributed by atoms with Crippen LogP contribution in [0.5, 0.6) is 0 Å². The van der Waals surface area contributed by atoms with Crippen molar-refractivity contribution in [3.63, 3.8) is 0 Å². The average molecular weight is 368 g/mol. The lowest BCUT2D eigenvalue weighted by Gasteiger charge is -2.32. The third kappa shape index (κ3) is 4.93. The molecule has 0 saturated carbocycles. The number of hydrogen-bond acceptors (Lipinski definition) is 4. The number of hydrogen-bond donors (Lipinski definition) is 3. The van der Waals surface area contributed by atoms with Gasteiger partial charge in [0.25, 0.3) is 0 Å². The molecule has 1 aliphatic rings. The van der Waals surface area contributed by atoms with Crippen LogP contribution in [0.25, 0.3) is 0 Å². The number of carbonyl (C=O) groups is 2. The highest BCUT2D eigenvalue weighted by atomic mass is 35.5. The van der Waals surface area contributed by atoms with Gasteiger partial charge in [-0.3, -0.25) is 9.59 Å². The molecule has 1 saturated heterocycles. The summed E-state index contributed by atoms with van der Waals surface area (Å²) in [4.78, 5) is 26.6. The second-order valence-electron chi connectivity index (χ2n) is 7.58. The first kappa shape index (κ1) is 19.7. The summed E-state index contributed by atoms with van der Waals surface area (Å²) in [6.45, 7) is 6.07. The Balaban J connectivity index is 2.03. The van der Waals surface area contributed by atoms with Crippen LogP contribution in [0.2, 0.25) is 5.02 Å². The van der Waals surface area contributed by atoms with Crippen molar-refractivity contribution in [1.29, 1.82) is 0 Å². The normalized spacial score (nSPS) is 21.9. The first-order valence-corrected chi connectivity index (χ1v) is 8.73. The van der Waals surface area contributed by atoms with E-state index in [1.807, 2.05) is 32.9 Å². The van der Waals surface area contributed by atoms with Crippen LogP contribution in [-0.2, 0) is 16.1 Å². The molecule has 1 heterocycles. The van der Waals surface area contributed by atoms with Crippen molar-refractivity contribution >= 4 is 23.4 Å². The number of rotatable bonds is 4. The van der Waals surface area contributed by atoms with Gasteiger partial charge in [-0.15, -0.1) is 0 Å². The summed E-state index contributed by atoms with van der Waals surface area (Å²) in [5, 5.41) is 13.4. The summed E-state index contributed by atoms with van der Waals surface area (Å²) in [5.41, 5.74) is 6.53. The maximum atomic E-state index is 12.7. The minimum absolute atomic E-state index is 0.127. The second-order valence-corrected chi connectivity index (χ2v) is 8.02. The van der Waals surface area contributed by atoms with Crippen molar-refractivity contribution in [2.75, 3.05) is 6.54 Å². The molecule has 6 nitrogen and oxygen atoms in total. The second kappa shape index (κ2) is 7.72. The average Bonchev–Trinajstić information content (AvgIpc) is 2.93. The van der Waals surface area contributed by atoms with Crippen LogP contribution in [0.1, 0.15) is 32.8 Å². The predicted octanol–water partition coefficient (Wildman–Crippen LogP) is 1.29. The molecule has 0 spiro atoms. The van der Waals surface area contributed by atoms with Gasteiger partial charge in [0.15, 0.2) is 0 Å². The van der Waals surface area contributed by atoms with E-state index in [9.17, 15) is 14.7 Å². The number of benzene rings is 1. The van der Waals surface area contributed by atoms with E-state index < -0.39 is 23.6 Å². The lowest BCUT2D eigenvalue weighted by atomic mass is 9.86. The molecule has 7 heteroatoms. The van der Waals surface area contributed by atoms with Gasteiger partial charge in [-0.05, 0) is 23.1 Å². The first-order chi connectivity index (χ1) is 11.6. The van der Waals surface area contributed by atoms with Gasteiger partial charge < -0.3 is 21.1 Å². The molecule has 1 fully saturated rings. The minimum Gasteiger partial charge on any atom is -0.391 e. The Morgan fingerprint density at radius 2 is 1.96 bits per heavy atom. The highest BCUT2D eigenvalue weighted by Crippen LogP contribution is 2.24. The zero-order valence-electron chi connectivity index (χ0n) is 14.8. The smallest absolute Gasteiger partial charge is 0.243 e. The Hall–Kier alpha value is -1.63. The highest BCUT2D eigenvalue weighted by Gasteiger charge is 2.42. The lowest BCUT2D eigenvalue weighted by Crippen LogP contribution is -2.54. The summed E-state index contributed by atoms with van der Waals surface area (Å²) in [6.07, 6.45) is -0.503. The molecule has 2 rings (SSSR count). The Morgan fingerprint density at radius 1 is 1.36 bits per heavy atom. The standard InChI is InChI=1S/C18H26ClN3O3/c1-18(2,3)15(20)17(25)22-10-13(23)8-14(22)16(24)21-9-11-4-6-12(19)7-5-11/h4-7,13-15,23H,8-10,20H2,1-3H3,(H,21,24)/t13-,14+,15?/m1/s1. The van der Waals surface area contributed by atoms with Gasteiger partial charge >= 0.3 is 0 Å². The van der Waals surface area contributed by atoms with Crippen LogP contribution in [0.3, 0.4) is 0 Å². The highest BCUT2D eigenvalue weighted by molar-refractivity contribution is 6.30. The van der Waals surface area contributed by atoms with Crippen LogP contribution in [0, 0.1) is 5.41 Å². The van der Waals surface area contributed by atoms with Crippen molar-refractivity contribution < 1.29 is 14.7 Å². The number of amides is 2. The monoisotopic (exact) mass is 367 g/mol. The van der Waals surface area contributed by atoms with Gasteiger partial charge in [-0.25, -0.2) is 0 Å². The number of nitrogens with zero attached hydrogens (tertiary/aromatic N) is 1. The van der Waals surface area contributed by atoms with Crippen molar-refractivity contribution in [3.05, 3.63) is 34.9 Å². The number of nitrogens with two attached hydrogens (primary N) is 1. The fraction of sp³-hybridized carbons (Fsp3) is 0.556. The fourth-order valence-corrected chi connectivity index (χ4v) is 2.89. The largest absolute Gasteiger partial charge is 0.391 e. The molecule has 0 radical (unpaired) electrons. The summed E-state index contributed by atoms with van der Waals surface area (Å²) >= 11 is 5.84. The third-order valence-electron chi connectivity index (χ3n) is 4.44. The topological polar surface area (TPSA) is 95.7 Å². The lowest BCUT2D eigenvalue weighted by molar-refractivity contribution is -0.141. The summed E-state index contributed by atoms with van der Waals surface area (Å²) in [7, 11) is 0. The van der Waals surface area contributed by atoms with Gasteiger partial charge in [-0.1, -0.05) is 44.5 Å². The molecule has 1 aliphatic heterocycles. The zero-order chi connectivity index (χ0) is 18.8. The van der Waals surface area contributed by atoms with Crippen molar-refractivity contribution in [1.82, 2.24) is 10.2 Å². The SMILES string of the molecule is CC(C)(C)C(N)C(=O)N1C[C@H](O)C[C@H]1C(=O)NCc1ccc(Cl)cc1. The molecule has 1 aromatic carbocycles. The van der Waals surface area contributed by atoms with Crippen molar-refractivity contribution in [2.45, 2.75) is 51.9 Å². The number of likely N-dealkylation sites (tertiary alicyclic amines) is 1. The molecule has 0 aliphatic carbocycles. The third-order valence-corrected chi connectivity index (χ3v) is 4.70. The van der Waals surface area contributed by atoms with E-state index in [0.29, 0.717) is 11.6 Å². The Kier molecular flexibility index (Phi) is 6.08. The van der Waals surface area contributed by atoms with E-state index in [1.54, 1.807) is 12.1 Å². The number of halogens is 1. The van der Waals surface area contributed by atoms with Gasteiger partial charge in [-0.2, -0.15) is 0 Å². The molecule has 0 aromatic heterocycles. The maximum absolute atomic E-state index is 12.7. The molecular formula is C18H26ClN3O3. The van der Waals surface area contributed by atoms with E-state index >= 15 is 0 Å². The number of β-amino-alcohol motifs (C(OH)–C–C–N with tert-alkyl or cyclic N) is 1. The van der Waals surface area contributed by atoms with Crippen LogP contribution >= 0.6 is 11.6 Å². The first-order valence-electron chi connectivity index (χ1n) is 8.36. The predicted molar refractivity (Wildman–Crippen MR) is 96.9 cm³/mol. The quantitative estimate of drug-likeness (QED) is 0.747. The van der Waals surface area contributed by atoms with Crippen molar-refractivity contribution in [2.24, 2.45) is 11.1 Å². The maximum Gasteiger partial charge on any atom is 0.243 e. The summed E-state index contributed by atoms with van der Waals surface area (Å²) in [6, 6.07) is 5.71. The van der Waals surface area contributed by atoms with Gasteiger partial charge in [0.1, 0.15) is 6.04 Å². The minimum atomic E-state index is -0.732. The molecule has 4 N–H and O–H groups in total. The van der Waals surface area contributed by atoms with Crippen molar-refractivity contribution in [3.8, 4) is 0 Å². The Morgan fingerprint density at radius 3 is 2.52 bits per heavy atom. The number of carbonyl (C=O) groups excluding carboxylic acids is 2. The molecule has 0 bridgehead atoms. The summed E-state index contributed by atoms with van der Waals surface area (Å²) < 4.78 is 0. The molecule has 3 atom stereocenters. The van der Waals surface area contributed by atoms with Gasteiger partial charge in [0.05, 0.1) is 12.1 Å². The van der Waals surface area contributed by atoms with Crippen LogP contribution in [0.15, 0.2) is 24.3 Å². The van der Waals surface area contributed by atoms with E-state index in [-0.39, 0.29) is 24.8 Å². The fourth-order valence-electron chi connectivity index (χ4n) is 2.76. The summed E-state index contributed by atoms with van der Waals surface area (Å²) in [5.74, 6) is -0.600. The Bertz CT molecular complexity index is 627. The van der Waals surface area contributed by atoms with E-state index in [0.717, 1.165) is 5.56 Å². The van der Waals surface area contributed by atoms with E-state index in [4.69, 9.17) is 17.3 Å². The Labute approximate surface area is 153 Å². The molecule has 138 valence electrons. The molecule has 2 amide bonds. The van der Waals surface area contributed by atoms with E-state index in [1.165, 1.54) is 4.90 Å². The van der Waals surface area contributed by atoms with Crippen LogP contribution in [0.4, 0.5) is 0 Å². The molecular weight excluding hydrogens is 342 g/mol. The van der Waals surface area contributed by atoms with Crippen LogP contribution in [-0.4, -0.2) is 46.6 Å². The molecule has 25 heavy (non-hydrogen) atoms. The number of nitrogens with one attached hydrogen (secondary N) is 1. The van der Waals surface area contributed by atoms with Crippen LogP contribution < -0.4 is 11.1 Å².